The second-order valence-electron chi connectivity index (χ2n) is 3.90. The number of allylic oxidation sites excluding steroid dienone is 1. The lowest BCUT2D eigenvalue weighted by atomic mass is 10.2. The van der Waals surface area contributed by atoms with E-state index in [0.717, 1.165) is 12.5 Å². The van der Waals surface area contributed by atoms with Gasteiger partial charge in [0, 0.05) is 13.1 Å². The lowest BCUT2D eigenvalue weighted by Gasteiger charge is -2.16. The summed E-state index contributed by atoms with van der Waals surface area (Å²) >= 11 is 0. The van der Waals surface area contributed by atoms with Crippen LogP contribution in [-0.2, 0) is 0 Å². The average Bonchev–Trinajstić information content (AvgIpc) is 1.82. The fourth-order valence-corrected chi connectivity index (χ4v) is 1.04. The predicted octanol–water partition coefficient (Wildman–Crippen LogP) is 2.54. The number of nitrogens with zero attached hydrogens (tertiary/aromatic N) is 1. The molecule has 1 nitrogen and oxygen atoms in total. The Morgan fingerprint density at radius 2 is 1.91 bits per heavy atom. The Hall–Kier alpha value is -0.300. The Labute approximate surface area is 71.1 Å². The zero-order valence-corrected chi connectivity index (χ0v) is 8.52. The van der Waals surface area contributed by atoms with Crippen molar-refractivity contribution in [2.45, 2.75) is 27.7 Å². The molecule has 0 fully saturated rings. The Morgan fingerprint density at radius 3 is 2.27 bits per heavy atom. The molecule has 0 aromatic rings. The molecule has 0 amide bonds. The monoisotopic (exact) mass is 155 g/mol. The average molecular weight is 155 g/mol. The number of rotatable bonds is 4. The summed E-state index contributed by atoms with van der Waals surface area (Å²) in [5.41, 5.74) is 1.40. The van der Waals surface area contributed by atoms with E-state index in [-0.39, 0.29) is 0 Å². The summed E-state index contributed by atoms with van der Waals surface area (Å²) in [7, 11) is 2.17. The molecule has 0 unspecified atom stereocenters. The Kier molecular flexibility index (Phi) is 5.22. The molecule has 0 aliphatic rings. The van der Waals surface area contributed by atoms with Crippen molar-refractivity contribution in [3.63, 3.8) is 0 Å². The summed E-state index contributed by atoms with van der Waals surface area (Å²) in [6.07, 6.45) is 2.27. The van der Waals surface area contributed by atoms with Crippen LogP contribution in [0.25, 0.3) is 0 Å². The van der Waals surface area contributed by atoms with E-state index < -0.39 is 0 Å². The van der Waals surface area contributed by atoms with Crippen LogP contribution in [0, 0.1) is 5.92 Å². The second kappa shape index (κ2) is 5.36. The number of hydrogen-bond acceptors (Lipinski definition) is 1. The highest BCUT2D eigenvalue weighted by atomic mass is 15.1. The van der Waals surface area contributed by atoms with Crippen LogP contribution >= 0.6 is 0 Å². The van der Waals surface area contributed by atoms with Gasteiger partial charge in [-0.05, 0) is 26.8 Å². The van der Waals surface area contributed by atoms with Gasteiger partial charge in [0.25, 0.3) is 0 Å². The molecular weight excluding hydrogens is 134 g/mol. The van der Waals surface area contributed by atoms with Crippen molar-refractivity contribution >= 4 is 0 Å². The van der Waals surface area contributed by atoms with Gasteiger partial charge in [-0.2, -0.15) is 0 Å². The summed E-state index contributed by atoms with van der Waals surface area (Å²) in [6, 6.07) is 0. The lowest BCUT2D eigenvalue weighted by Crippen LogP contribution is -2.23. The minimum absolute atomic E-state index is 0.769. The summed E-state index contributed by atoms with van der Waals surface area (Å²) in [5.74, 6) is 0.769. The number of likely N-dealkylation sites (N-methyl/N-ethyl adjacent to an activating group) is 1. The van der Waals surface area contributed by atoms with Crippen molar-refractivity contribution in [1.29, 1.82) is 0 Å². The van der Waals surface area contributed by atoms with Gasteiger partial charge in [-0.15, -0.1) is 0 Å². The highest BCUT2D eigenvalue weighted by Crippen LogP contribution is 1.96. The first-order valence-corrected chi connectivity index (χ1v) is 4.34. The van der Waals surface area contributed by atoms with Crippen molar-refractivity contribution in [2.24, 2.45) is 5.92 Å². The van der Waals surface area contributed by atoms with E-state index in [0.29, 0.717) is 0 Å². The normalized spacial score (nSPS) is 10.8. The third-order valence-corrected chi connectivity index (χ3v) is 1.49. The maximum absolute atomic E-state index is 2.34. The molecule has 0 rings (SSSR count). The largest absolute Gasteiger partial charge is 0.302 e. The molecule has 0 atom stereocenters. The summed E-state index contributed by atoms with van der Waals surface area (Å²) in [6.45, 7) is 11.1. The van der Waals surface area contributed by atoms with Crippen molar-refractivity contribution in [3.8, 4) is 0 Å². The molecule has 1 heteroatoms. The van der Waals surface area contributed by atoms with Crippen molar-refractivity contribution in [1.82, 2.24) is 4.90 Å². The van der Waals surface area contributed by atoms with E-state index in [1.165, 1.54) is 12.1 Å². The SMILES string of the molecule is CC(C)=CCN(C)CC(C)C. The van der Waals surface area contributed by atoms with Gasteiger partial charge in [-0.3, -0.25) is 0 Å². The zero-order chi connectivity index (χ0) is 8.85. The smallest absolute Gasteiger partial charge is 0.0162 e. The van der Waals surface area contributed by atoms with E-state index in [4.69, 9.17) is 0 Å². The third kappa shape index (κ3) is 7.60. The summed E-state index contributed by atoms with van der Waals surface area (Å²) in [5, 5.41) is 0. The van der Waals surface area contributed by atoms with Gasteiger partial charge in [0.2, 0.25) is 0 Å². The quantitative estimate of drug-likeness (QED) is 0.564. The van der Waals surface area contributed by atoms with Crippen LogP contribution in [0.1, 0.15) is 27.7 Å². The van der Waals surface area contributed by atoms with Crippen molar-refractivity contribution in [3.05, 3.63) is 11.6 Å². The van der Waals surface area contributed by atoms with Gasteiger partial charge in [0.05, 0.1) is 0 Å². The van der Waals surface area contributed by atoms with Gasteiger partial charge in [0.15, 0.2) is 0 Å². The van der Waals surface area contributed by atoms with Crippen molar-refractivity contribution < 1.29 is 0 Å². The van der Waals surface area contributed by atoms with E-state index in [2.05, 4.69) is 45.7 Å². The Morgan fingerprint density at radius 1 is 1.36 bits per heavy atom. The van der Waals surface area contributed by atoms with E-state index in [1.807, 2.05) is 0 Å². The van der Waals surface area contributed by atoms with E-state index in [9.17, 15) is 0 Å². The molecule has 0 aromatic heterocycles. The molecule has 0 saturated heterocycles. The molecule has 0 aliphatic carbocycles. The van der Waals surface area contributed by atoms with Gasteiger partial charge in [-0.1, -0.05) is 25.5 Å². The van der Waals surface area contributed by atoms with Crippen LogP contribution in [0.4, 0.5) is 0 Å². The molecule has 0 spiro atoms. The molecular formula is C10H21N. The van der Waals surface area contributed by atoms with Gasteiger partial charge < -0.3 is 4.90 Å². The number of hydrogen-bond donors (Lipinski definition) is 0. The van der Waals surface area contributed by atoms with Crippen LogP contribution in [0.5, 0.6) is 0 Å². The van der Waals surface area contributed by atoms with Crippen LogP contribution < -0.4 is 0 Å². The van der Waals surface area contributed by atoms with Gasteiger partial charge in [-0.25, -0.2) is 0 Å². The molecule has 0 saturated carbocycles. The Bertz CT molecular complexity index is 121. The molecule has 0 aliphatic heterocycles. The predicted molar refractivity (Wildman–Crippen MR) is 51.8 cm³/mol. The molecule has 66 valence electrons. The van der Waals surface area contributed by atoms with E-state index in [1.54, 1.807) is 0 Å². The topological polar surface area (TPSA) is 3.24 Å². The first-order valence-electron chi connectivity index (χ1n) is 4.34. The van der Waals surface area contributed by atoms with Crippen LogP contribution in [0.15, 0.2) is 11.6 Å². The Balaban J connectivity index is 3.53. The standard InChI is InChI=1S/C10H21N/c1-9(2)6-7-11(5)8-10(3)4/h6,10H,7-8H2,1-5H3. The highest BCUT2D eigenvalue weighted by molar-refractivity contribution is 4.94. The fraction of sp³-hybridized carbons (Fsp3) is 0.800. The zero-order valence-electron chi connectivity index (χ0n) is 8.52. The lowest BCUT2D eigenvalue weighted by molar-refractivity contribution is 0.323. The van der Waals surface area contributed by atoms with Crippen LogP contribution in [0.3, 0.4) is 0 Å². The van der Waals surface area contributed by atoms with Crippen molar-refractivity contribution in [2.75, 3.05) is 20.1 Å². The fourth-order valence-electron chi connectivity index (χ4n) is 1.04. The molecule has 0 bridgehead atoms. The molecule has 11 heavy (non-hydrogen) atoms. The minimum atomic E-state index is 0.769. The summed E-state index contributed by atoms with van der Waals surface area (Å²) in [4.78, 5) is 2.34. The highest BCUT2D eigenvalue weighted by Gasteiger charge is 1.98. The molecule has 0 heterocycles. The maximum atomic E-state index is 2.34. The minimum Gasteiger partial charge on any atom is -0.302 e. The molecule has 0 N–H and O–H groups in total. The van der Waals surface area contributed by atoms with Crippen LogP contribution in [-0.4, -0.2) is 25.0 Å². The van der Waals surface area contributed by atoms with E-state index >= 15 is 0 Å². The van der Waals surface area contributed by atoms with Gasteiger partial charge in [0.1, 0.15) is 0 Å². The third-order valence-electron chi connectivity index (χ3n) is 1.49. The first-order chi connectivity index (χ1) is 5.02. The molecule has 0 aromatic carbocycles. The maximum Gasteiger partial charge on any atom is 0.0162 e. The molecule has 0 radical (unpaired) electrons. The van der Waals surface area contributed by atoms with Gasteiger partial charge >= 0.3 is 0 Å². The van der Waals surface area contributed by atoms with Crippen LogP contribution in [0.2, 0.25) is 0 Å². The second-order valence-corrected chi connectivity index (χ2v) is 3.90. The first kappa shape index (κ1) is 10.7. The summed E-state index contributed by atoms with van der Waals surface area (Å²) < 4.78 is 0.